The van der Waals surface area contributed by atoms with Gasteiger partial charge >= 0.3 is 12.1 Å². The zero-order chi connectivity index (χ0) is 27.9. The number of Topliss-reactive ketones (excluding diaryl/α,β-unsaturated/α-hetero) is 1. The van der Waals surface area contributed by atoms with Gasteiger partial charge in [0, 0.05) is 34.4 Å². The first-order valence-corrected chi connectivity index (χ1v) is 11.5. The van der Waals surface area contributed by atoms with Crippen LogP contribution in [0.15, 0.2) is 36.5 Å². The number of nitrogens with zero attached hydrogens (tertiary/aromatic N) is 1. The van der Waals surface area contributed by atoms with Crippen molar-refractivity contribution in [1.29, 1.82) is 0 Å². The molecule has 8 nitrogen and oxygen atoms in total. The summed E-state index contributed by atoms with van der Waals surface area (Å²) in [4.78, 5) is 28.9. The number of aromatic hydroxyl groups is 3. The van der Waals surface area contributed by atoms with Crippen LogP contribution in [0.1, 0.15) is 74.8 Å². The molecule has 0 radical (unpaired) electrons. The summed E-state index contributed by atoms with van der Waals surface area (Å²) in [6.07, 6.45) is -4.63. The second-order valence-corrected chi connectivity index (χ2v) is 8.96. The topological polar surface area (TPSA) is 126 Å². The van der Waals surface area contributed by atoms with Crippen LogP contribution in [-0.2, 0) is 27.1 Å². The Morgan fingerprint density at radius 3 is 2.37 bits per heavy atom. The number of methoxy groups -OCH3 is 1. The molecule has 3 aromatic rings. The highest BCUT2D eigenvalue weighted by Crippen LogP contribution is 2.50. The Bertz CT molecular complexity index is 1420. The number of aromatic nitrogens is 1. The molecule has 0 fully saturated rings. The van der Waals surface area contributed by atoms with Gasteiger partial charge in [0.15, 0.2) is 5.78 Å². The molecular formula is C27H24F3NO7. The number of halogens is 3. The maximum Gasteiger partial charge on any atom is 0.416 e. The molecule has 0 amide bonds. The minimum absolute atomic E-state index is 0.0180. The molecule has 0 unspecified atom stereocenters. The monoisotopic (exact) mass is 531 g/mol. The Morgan fingerprint density at radius 1 is 1.13 bits per heavy atom. The van der Waals surface area contributed by atoms with Crippen molar-refractivity contribution in [2.45, 2.75) is 45.1 Å². The van der Waals surface area contributed by atoms with Crippen molar-refractivity contribution in [3.63, 3.8) is 0 Å². The number of hydrogen-bond donors (Lipinski definition) is 3. The minimum atomic E-state index is -4.61. The van der Waals surface area contributed by atoms with E-state index in [0.717, 1.165) is 31.4 Å². The van der Waals surface area contributed by atoms with E-state index in [4.69, 9.17) is 9.47 Å². The van der Waals surface area contributed by atoms with E-state index in [1.165, 1.54) is 19.2 Å². The number of phenols is 2. The highest BCUT2D eigenvalue weighted by Gasteiger charge is 2.37. The van der Waals surface area contributed by atoms with Crippen molar-refractivity contribution in [2.75, 3.05) is 7.11 Å². The third-order valence-electron chi connectivity index (χ3n) is 6.61. The molecule has 2 heterocycles. The first-order valence-electron chi connectivity index (χ1n) is 11.5. The Labute approximate surface area is 215 Å². The number of ether oxygens (including phenoxy) is 2. The highest BCUT2D eigenvalue weighted by atomic mass is 19.4. The standard InChI is InChI=1S/C27H24F3NO7/c1-12-23(34)21-15(10-31-12)11-38-26(21)19-8-17(13(2)32)24(35)22(25(19)36)18(9-20(33)37-3)14-4-6-16(7-5-14)27(28,29)30/h4-8,10,18,26,34-36H,9,11H2,1-3H3/t18-,26-/m1/s1. The summed E-state index contributed by atoms with van der Waals surface area (Å²) in [5.41, 5.74) is -0.0703. The summed E-state index contributed by atoms with van der Waals surface area (Å²) in [5, 5.41) is 33.2. The number of esters is 1. The number of carbonyl (C=O) groups is 2. The fourth-order valence-electron chi connectivity index (χ4n) is 4.61. The molecule has 0 saturated carbocycles. The molecule has 2 atom stereocenters. The van der Waals surface area contributed by atoms with E-state index in [-0.39, 0.29) is 34.6 Å². The molecule has 38 heavy (non-hydrogen) atoms. The zero-order valence-corrected chi connectivity index (χ0v) is 20.6. The van der Waals surface area contributed by atoms with E-state index in [9.17, 15) is 38.1 Å². The van der Waals surface area contributed by atoms with Gasteiger partial charge in [-0.3, -0.25) is 14.6 Å². The lowest BCUT2D eigenvalue weighted by atomic mass is 9.82. The van der Waals surface area contributed by atoms with Crippen LogP contribution >= 0.6 is 0 Å². The van der Waals surface area contributed by atoms with Gasteiger partial charge in [-0.15, -0.1) is 0 Å². The molecule has 200 valence electrons. The molecular weight excluding hydrogens is 507 g/mol. The van der Waals surface area contributed by atoms with Crippen LogP contribution < -0.4 is 0 Å². The Balaban J connectivity index is 1.96. The van der Waals surface area contributed by atoms with Crippen LogP contribution in [0.2, 0.25) is 0 Å². The SMILES string of the molecule is COC(=O)C[C@H](c1ccc(C(F)(F)F)cc1)c1c(O)c(C(C)=O)cc([C@H]2OCc3cnc(C)c(O)c32)c1O. The lowest BCUT2D eigenvalue weighted by Crippen LogP contribution is -2.14. The number of carbonyl (C=O) groups excluding carboxylic acids is 2. The van der Waals surface area contributed by atoms with Gasteiger partial charge in [0.2, 0.25) is 0 Å². The Hall–Kier alpha value is -4.12. The van der Waals surface area contributed by atoms with Crippen LogP contribution in [0.25, 0.3) is 0 Å². The number of rotatable bonds is 6. The Kier molecular flexibility index (Phi) is 7.07. The van der Waals surface area contributed by atoms with E-state index in [1.54, 1.807) is 6.92 Å². The number of pyridine rings is 1. The number of ketones is 1. The van der Waals surface area contributed by atoms with Gasteiger partial charge in [-0.05, 0) is 37.6 Å². The minimum Gasteiger partial charge on any atom is -0.507 e. The molecule has 3 N–H and O–H groups in total. The number of phenolic OH excluding ortho intramolecular Hbond substituents is 2. The maximum absolute atomic E-state index is 13.2. The van der Waals surface area contributed by atoms with Crippen LogP contribution in [0, 0.1) is 6.92 Å². The quantitative estimate of drug-likeness (QED) is 0.298. The highest BCUT2D eigenvalue weighted by molar-refractivity contribution is 5.98. The van der Waals surface area contributed by atoms with E-state index in [0.29, 0.717) is 16.8 Å². The molecule has 0 bridgehead atoms. The predicted molar refractivity (Wildman–Crippen MR) is 127 cm³/mol. The smallest absolute Gasteiger partial charge is 0.416 e. The van der Waals surface area contributed by atoms with Gasteiger partial charge in [0.1, 0.15) is 23.4 Å². The third kappa shape index (κ3) is 4.76. The van der Waals surface area contributed by atoms with Gasteiger partial charge in [0.05, 0.1) is 37.0 Å². The second kappa shape index (κ2) is 9.97. The fraction of sp³-hybridized carbons (Fsp3) is 0.296. The third-order valence-corrected chi connectivity index (χ3v) is 6.61. The molecule has 1 aliphatic heterocycles. The summed E-state index contributed by atoms with van der Waals surface area (Å²) < 4.78 is 50.0. The number of fused-ring (bicyclic) bond motifs is 1. The predicted octanol–water partition coefficient (Wildman–Crippen LogP) is 5.04. The number of alkyl halides is 3. The van der Waals surface area contributed by atoms with Gasteiger partial charge in [0.25, 0.3) is 0 Å². The summed E-state index contributed by atoms with van der Waals surface area (Å²) in [5.74, 6) is -3.91. The van der Waals surface area contributed by atoms with E-state index in [1.807, 2.05) is 0 Å². The first-order chi connectivity index (χ1) is 17.8. The van der Waals surface area contributed by atoms with Crippen molar-refractivity contribution in [1.82, 2.24) is 4.98 Å². The number of hydrogen-bond acceptors (Lipinski definition) is 8. The molecule has 1 aliphatic rings. The van der Waals surface area contributed by atoms with Crippen LogP contribution in [-0.4, -0.2) is 39.2 Å². The van der Waals surface area contributed by atoms with E-state index < -0.39 is 53.4 Å². The normalized spacial score (nSPS) is 15.7. The Morgan fingerprint density at radius 2 is 1.79 bits per heavy atom. The average Bonchev–Trinajstić information content (AvgIpc) is 3.29. The average molecular weight is 531 g/mol. The van der Waals surface area contributed by atoms with Crippen molar-refractivity contribution in [3.05, 3.63) is 81.2 Å². The van der Waals surface area contributed by atoms with Crippen molar-refractivity contribution in [3.8, 4) is 17.2 Å². The van der Waals surface area contributed by atoms with Crippen molar-refractivity contribution in [2.24, 2.45) is 0 Å². The van der Waals surface area contributed by atoms with Gasteiger partial charge in [-0.1, -0.05) is 12.1 Å². The largest absolute Gasteiger partial charge is 0.507 e. The zero-order valence-electron chi connectivity index (χ0n) is 20.6. The summed E-state index contributed by atoms with van der Waals surface area (Å²) >= 11 is 0. The molecule has 4 rings (SSSR count). The lowest BCUT2D eigenvalue weighted by Gasteiger charge is -2.25. The molecule has 2 aromatic carbocycles. The lowest BCUT2D eigenvalue weighted by molar-refractivity contribution is -0.141. The summed E-state index contributed by atoms with van der Waals surface area (Å²) in [6, 6.07) is 5.10. The molecule has 1 aromatic heterocycles. The fourth-order valence-corrected chi connectivity index (χ4v) is 4.61. The van der Waals surface area contributed by atoms with Gasteiger partial charge in [-0.2, -0.15) is 13.2 Å². The van der Waals surface area contributed by atoms with Gasteiger partial charge in [-0.25, -0.2) is 0 Å². The second-order valence-electron chi connectivity index (χ2n) is 8.96. The molecule has 0 aliphatic carbocycles. The number of benzene rings is 2. The van der Waals surface area contributed by atoms with Crippen LogP contribution in [0.3, 0.4) is 0 Å². The molecule has 0 saturated heterocycles. The number of aryl methyl sites for hydroxylation is 1. The molecule has 0 spiro atoms. The van der Waals surface area contributed by atoms with E-state index in [2.05, 4.69) is 4.98 Å². The van der Waals surface area contributed by atoms with Crippen molar-refractivity contribution >= 4 is 11.8 Å². The van der Waals surface area contributed by atoms with Crippen LogP contribution in [0.5, 0.6) is 17.2 Å². The first kappa shape index (κ1) is 26.9. The van der Waals surface area contributed by atoms with Crippen molar-refractivity contribution < 1.29 is 47.6 Å². The van der Waals surface area contributed by atoms with E-state index >= 15 is 0 Å². The molecule has 11 heteroatoms. The van der Waals surface area contributed by atoms with Crippen LogP contribution in [0.4, 0.5) is 13.2 Å². The maximum atomic E-state index is 13.2. The summed E-state index contributed by atoms with van der Waals surface area (Å²) in [6.45, 7) is 2.80. The summed E-state index contributed by atoms with van der Waals surface area (Å²) in [7, 11) is 1.12. The van der Waals surface area contributed by atoms with Gasteiger partial charge < -0.3 is 24.8 Å².